The smallest absolute Gasteiger partial charge is 0.123 e. The molecule has 0 amide bonds. The Labute approximate surface area is 204 Å². The average Bonchev–Trinajstić information content (AvgIpc) is 3.13. The summed E-state index contributed by atoms with van der Waals surface area (Å²) in [5.41, 5.74) is 2.79. The zero-order valence-corrected chi connectivity index (χ0v) is 21.5. The molecular weight excluding hydrogens is 424 g/mol. The lowest BCUT2D eigenvalue weighted by atomic mass is 9.60. The molecule has 1 spiro atoms. The number of hydrogen-bond donors (Lipinski definition) is 4. The number of unbranched alkanes of at least 4 members (excludes halogenated alkanes) is 2. The third-order valence-electron chi connectivity index (χ3n) is 9.09. The van der Waals surface area contributed by atoms with E-state index in [1.54, 1.807) is 0 Å². The van der Waals surface area contributed by atoms with Crippen LogP contribution in [0.4, 0.5) is 0 Å². The molecule has 34 heavy (non-hydrogen) atoms. The predicted octanol–water partition coefficient (Wildman–Crippen LogP) is 7.52. The first kappa shape index (κ1) is 24.8. The van der Waals surface area contributed by atoms with Crippen molar-refractivity contribution in [2.45, 2.75) is 109 Å². The van der Waals surface area contributed by atoms with E-state index in [9.17, 15) is 20.4 Å². The lowest BCUT2D eigenvalue weighted by Gasteiger charge is -2.42. The van der Waals surface area contributed by atoms with Crippen LogP contribution in [0.15, 0.2) is 24.3 Å². The number of aromatic hydroxyl groups is 4. The summed E-state index contributed by atoms with van der Waals surface area (Å²) in [5.74, 6) is 0.608. The van der Waals surface area contributed by atoms with Crippen LogP contribution in [0.3, 0.4) is 0 Å². The zero-order valence-electron chi connectivity index (χ0n) is 21.5. The van der Waals surface area contributed by atoms with Gasteiger partial charge in [0.05, 0.1) is 0 Å². The van der Waals surface area contributed by atoms with Gasteiger partial charge in [-0.25, -0.2) is 0 Å². The second kappa shape index (κ2) is 8.70. The SMILES string of the molecule is CCCCC1(C)CC2(c3cc(O)cc(O)c3C(C)(CCCC)C2CCC)c2c(O)cc(O)cc21. The van der Waals surface area contributed by atoms with Crippen LogP contribution in [-0.4, -0.2) is 20.4 Å². The van der Waals surface area contributed by atoms with Gasteiger partial charge in [-0.1, -0.05) is 66.7 Å². The normalized spacial score (nSPS) is 29.5. The number of phenolic OH excluding ortho intramolecular Hbond substituents is 4. The fraction of sp³-hybridized carbons (Fsp3) is 0.600. The first-order valence-electron chi connectivity index (χ1n) is 13.2. The molecule has 0 saturated carbocycles. The molecule has 0 aromatic heterocycles. The molecule has 186 valence electrons. The van der Waals surface area contributed by atoms with Crippen LogP contribution in [0.1, 0.15) is 115 Å². The van der Waals surface area contributed by atoms with Gasteiger partial charge in [-0.05, 0) is 60.3 Å². The van der Waals surface area contributed by atoms with Gasteiger partial charge in [0, 0.05) is 34.1 Å². The molecule has 2 aliphatic carbocycles. The van der Waals surface area contributed by atoms with Crippen LogP contribution in [0.2, 0.25) is 0 Å². The number of rotatable bonds is 8. The highest BCUT2D eigenvalue weighted by molar-refractivity contribution is 5.69. The molecule has 4 atom stereocenters. The first-order valence-corrected chi connectivity index (χ1v) is 13.2. The maximum absolute atomic E-state index is 11.4. The van der Waals surface area contributed by atoms with Gasteiger partial charge in [-0.3, -0.25) is 0 Å². The largest absolute Gasteiger partial charge is 0.508 e. The highest BCUT2D eigenvalue weighted by Crippen LogP contribution is 2.71. The standard InChI is InChI=1S/C30H42O4/c1-6-9-12-28(4)18-30(27-21(28)14-19(31)17-24(27)34)22-15-20(32)16-23(33)26(22)29(5,13-10-7-2)25(30)11-8-3/h14-17,25,31-34H,6-13,18H2,1-5H3. The Balaban J connectivity index is 2.10. The van der Waals surface area contributed by atoms with Crippen LogP contribution >= 0.6 is 0 Å². The minimum atomic E-state index is -0.528. The number of benzene rings is 2. The Morgan fingerprint density at radius 1 is 0.735 bits per heavy atom. The summed E-state index contributed by atoms with van der Waals surface area (Å²) >= 11 is 0. The molecule has 2 aliphatic rings. The van der Waals surface area contributed by atoms with Crippen molar-refractivity contribution in [3.63, 3.8) is 0 Å². The molecule has 4 heteroatoms. The van der Waals surface area contributed by atoms with E-state index < -0.39 is 5.41 Å². The molecule has 4 rings (SSSR count). The summed E-state index contributed by atoms with van der Waals surface area (Å²) in [6.45, 7) is 11.1. The maximum atomic E-state index is 11.4. The quantitative estimate of drug-likeness (QED) is 0.324. The fourth-order valence-corrected chi connectivity index (χ4v) is 7.84. The van der Waals surface area contributed by atoms with E-state index >= 15 is 0 Å². The van der Waals surface area contributed by atoms with Crippen molar-refractivity contribution in [3.05, 3.63) is 46.5 Å². The Morgan fingerprint density at radius 3 is 1.88 bits per heavy atom. The first-order chi connectivity index (χ1) is 16.1. The summed E-state index contributed by atoms with van der Waals surface area (Å²) in [4.78, 5) is 0. The van der Waals surface area contributed by atoms with Crippen LogP contribution in [0.25, 0.3) is 0 Å². The zero-order chi connectivity index (χ0) is 24.9. The van der Waals surface area contributed by atoms with Crippen molar-refractivity contribution >= 4 is 0 Å². The average molecular weight is 467 g/mol. The van der Waals surface area contributed by atoms with Gasteiger partial charge < -0.3 is 20.4 Å². The third kappa shape index (κ3) is 3.39. The van der Waals surface area contributed by atoms with Gasteiger partial charge in [0.2, 0.25) is 0 Å². The fourth-order valence-electron chi connectivity index (χ4n) is 7.84. The monoisotopic (exact) mass is 466 g/mol. The highest BCUT2D eigenvalue weighted by atomic mass is 16.3. The summed E-state index contributed by atoms with van der Waals surface area (Å²) in [6.07, 6.45) is 8.92. The lowest BCUT2D eigenvalue weighted by molar-refractivity contribution is 0.172. The second-order valence-electron chi connectivity index (χ2n) is 11.4. The Hall–Kier alpha value is -2.36. The number of hydrogen-bond acceptors (Lipinski definition) is 4. The van der Waals surface area contributed by atoms with Gasteiger partial charge in [0.1, 0.15) is 23.0 Å². The van der Waals surface area contributed by atoms with Crippen molar-refractivity contribution in [1.82, 2.24) is 0 Å². The van der Waals surface area contributed by atoms with E-state index in [1.807, 2.05) is 12.1 Å². The van der Waals surface area contributed by atoms with Crippen molar-refractivity contribution < 1.29 is 20.4 Å². The Morgan fingerprint density at radius 2 is 1.29 bits per heavy atom. The van der Waals surface area contributed by atoms with E-state index in [0.717, 1.165) is 80.0 Å². The third-order valence-corrected chi connectivity index (χ3v) is 9.09. The van der Waals surface area contributed by atoms with Gasteiger partial charge in [-0.15, -0.1) is 0 Å². The molecular formula is C30H42O4. The van der Waals surface area contributed by atoms with E-state index in [2.05, 4.69) is 34.6 Å². The molecule has 0 heterocycles. The summed E-state index contributed by atoms with van der Waals surface area (Å²) in [6, 6.07) is 6.65. The Kier molecular flexibility index (Phi) is 6.33. The van der Waals surface area contributed by atoms with Crippen molar-refractivity contribution in [2.75, 3.05) is 0 Å². The molecule has 2 aromatic rings. The molecule has 0 saturated heterocycles. The van der Waals surface area contributed by atoms with Crippen molar-refractivity contribution in [3.8, 4) is 23.0 Å². The molecule has 0 bridgehead atoms. The van der Waals surface area contributed by atoms with E-state index in [0.29, 0.717) is 0 Å². The summed E-state index contributed by atoms with van der Waals surface area (Å²) < 4.78 is 0. The minimum absolute atomic E-state index is 0.0626. The van der Waals surface area contributed by atoms with Crippen LogP contribution in [-0.2, 0) is 16.2 Å². The van der Waals surface area contributed by atoms with E-state index in [1.165, 1.54) is 12.1 Å². The van der Waals surface area contributed by atoms with Crippen molar-refractivity contribution in [1.29, 1.82) is 0 Å². The lowest BCUT2D eigenvalue weighted by Crippen LogP contribution is -2.40. The number of fused-ring (bicyclic) bond motifs is 4. The van der Waals surface area contributed by atoms with Gasteiger partial charge in [0.15, 0.2) is 0 Å². The van der Waals surface area contributed by atoms with Crippen LogP contribution < -0.4 is 0 Å². The molecule has 4 nitrogen and oxygen atoms in total. The van der Waals surface area contributed by atoms with Gasteiger partial charge >= 0.3 is 0 Å². The summed E-state index contributed by atoms with van der Waals surface area (Å²) in [7, 11) is 0. The van der Waals surface area contributed by atoms with Crippen LogP contribution in [0.5, 0.6) is 23.0 Å². The molecule has 0 radical (unpaired) electrons. The molecule has 2 aromatic carbocycles. The summed E-state index contributed by atoms with van der Waals surface area (Å²) in [5, 5.41) is 43.8. The molecule has 4 N–H and O–H groups in total. The van der Waals surface area contributed by atoms with E-state index in [-0.39, 0.29) is 39.7 Å². The number of phenols is 4. The van der Waals surface area contributed by atoms with E-state index in [4.69, 9.17) is 0 Å². The van der Waals surface area contributed by atoms with Gasteiger partial charge in [-0.2, -0.15) is 0 Å². The predicted molar refractivity (Wildman–Crippen MR) is 137 cm³/mol. The minimum Gasteiger partial charge on any atom is -0.508 e. The van der Waals surface area contributed by atoms with Crippen molar-refractivity contribution in [2.24, 2.45) is 5.92 Å². The highest BCUT2D eigenvalue weighted by Gasteiger charge is 2.65. The Bertz CT molecular complexity index is 1080. The molecule has 0 fully saturated rings. The molecule has 4 unspecified atom stereocenters. The van der Waals surface area contributed by atoms with Gasteiger partial charge in [0.25, 0.3) is 0 Å². The van der Waals surface area contributed by atoms with Crippen LogP contribution in [0, 0.1) is 5.92 Å². The topological polar surface area (TPSA) is 80.9 Å². The second-order valence-corrected chi connectivity index (χ2v) is 11.4. The maximum Gasteiger partial charge on any atom is 0.123 e. The molecule has 0 aliphatic heterocycles.